The zero-order valence-corrected chi connectivity index (χ0v) is 21.3. The molecule has 0 bridgehead atoms. The van der Waals surface area contributed by atoms with Crippen LogP contribution in [0.25, 0.3) is 0 Å². The number of nitrogens with one attached hydrogen (secondary N) is 2. The summed E-state index contributed by atoms with van der Waals surface area (Å²) in [6.45, 7) is 4.57. The van der Waals surface area contributed by atoms with E-state index >= 15 is 0 Å². The van der Waals surface area contributed by atoms with E-state index in [1.165, 1.54) is 0 Å². The molecule has 1 fully saturated rings. The normalized spacial score (nSPS) is 15.9. The number of anilines is 2. The van der Waals surface area contributed by atoms with Crippen LogP contribution in [0.4, 0.5) is 11.4 Å². The fraction of sp³-hybridized carbons (Fsp3) is 0.276. The molecule has 2 aliphatic heterocycles. The molecule has 2 N–H and O–H groups in total. The number of nitrogens with zero attached hydrogens (tertiary/aromatic N) is 1. The average Bonchev–Trinajstić information content (AvgIpc) is 3.55. The number of benzene rings is 3. The maximum Gasteiger partial charge on any atom is 0.262 e. The highest BCUT2D eigenvalue weighted by Crippen LogP contribution is 2.32. The van der Waals surface area contributed by atoms with Crippen LogP contribution in [-0.4, -0.2) is 37.7 Å². The number of ether oxygens (including phenoxy) is 3. The number of amides is 3. The number of fused-ring (bicyclic) bond motifs is 1. The Labute approximate surface area is 220 Å². The lowest BCUT2D eigenvalue weighted by molar-refractivity contribution is -0.126. The fourth-order valence-electron chi connectivity index (χ4n) is 4.58. The first-order valence-electron chi connectivity index (χ1n) is 12.4. The van der Waals surface area contributed by atoms with E-state index in [0.717, 1.165) is 22.4 Å². The zero-order chi connectivity index (χ0) is 26.6. The second kappa shape index (κ2) is 10.8. The third-order valence-electron chi connectivity index (χ3n) is 6.66. The summed E-state index contributed by atoms with van der Waals surface area (Å²) in [5.41, 5.74) is 4.32. The van der Waals surface area contributed by atoms with Crippen LogP contribution in [-0.2, 0) is 20.9 Å². The van der Waals surface area contributed by atoms with Gasteiger partial charge in [0.25, 0.3) is 5.91 Å². The molecule has 0 spiro atoms. The molecule has 0 saturated carbocycles. The van der Waals surface area contributed by atoms with Crippen LogP contribution in [0.1, 0.15) is 23.1 Å². The van der Waals surface area contributed by atoms with E-state index < -0.39 is 5.92 Å². The highest BCUT2D eigenvalue weighted by atomic mass is 16.7. The van der Waals surface area contributed by atoms with Crippen LogP contribution in [0.2, 0.25) is 0 Å². The predicted molar refractivity (Wildman–Crippen MR) is 141 cm³/mol. The highest BCUT2D eigenvalue weighted by Gasteiger charge is 2.35. The number of hydrogen-bond donors (Lipinski definition) is 2. The average molecular weight is 516 g/mol. The Morgan fingerprint density at radius 3 is 2.50 bits per heavy atom. The van der Waals surface area contributed by atoms with Crippen molar-refractivity contribution < 1.29 is 28.6 Å². The smallest absolute Gasteiger partial charge is 0.262 e. The van der Waals surface area contributed by atoms with Gasteiger partial charge in [0.2, 0.25) is 18.6 Å². The second-order valence-corrected chi connectivity index (χ2v) is 9.41. The van der Waals surface area contributed by atoms with Gasteiger partial charge in [-0.05, 0) is 66.9 Å². The minimum atomic E-state index is -0.443. The van der Waals surface area contributed by atoms with Crippen molar-refractivity contribution in [3.8, 4) is 17.2 Å². The van der Waals surface area contributed by atoms with Gasteiger partial charge in [0.15, 0.2) is 18.1 Å². The van der Waals surface area contributed by atoms with Crippen LogP contribution in [0.5, 0.6) is 17.2 Å². The van der Waals surface area contributed by atoms with Crippen molar-refractivity contribution in [2.24, 2.45) is 5.92 Å². The van der Waals surface area contributed by atoms with E-state index in [-0.39, 0.29) is 37.5 Å². The van der Waals surface area contributed by atoms with Gasteiger partial charge in [-0.25, -0.2) is 0 Å². The molecule has 0 unspecified atom stereocenters. The minimum absolute atomic E-state index is 0.116. The molecule has 1 saturated heterocycles. The Kier molecular flexibility index (Phi) is 7.17. The standard InChI is InChI=1S/C29H29N3O6/c1-18-4-3-5-19(2)28(18)31-26(33)16-36-23-9-7-22(8-10-23)32-15-21(13-27(32)34)29(35)30-14-20-6-11-24-25(12-20)38-17-37-24/h3-12,21H,13-17H2,1-2H3,(H,30,35)(H,31,33)/t21-/m0/s1. The first-order valence-corrected chi connectivity index (χ1v) is 12.4. The maximum atomic E-state index is 12.7. The van der Waals surface area contributed by atoms with Gasteiger partial charge in [0.1, 0.15) is 5.75 Å². The molecule has 3 aromatic carbocycles. The van der Waals surface area contributed by atoms with Gasteiger partial charge in [-0.1, -0.05) is 24.3 Å². The highest BCUT2D eigenvalue weighted by molar-refractivity contribution is 6.00. The summed E-state index contributed by atoms with van der Waals surface area (Å²) in [6.07, 6.45) is 0.143. The van der Waals surface area contributed by atoms with E-state index in [1.807, 2.05) is 50.2 Å². The summed E-state index contributed by atoms with van der Waals surface area (Å²) in [5.74, 6) is 0.873. The molecule has 0 aromatic heterocycles. The fourth-order valence-corrected chi connectivity index (χ4v) is 4.58. The third-order valence-corrected chi connectivity index (χ3v) is 6.66. The van der Waals surface area contributed by atoms with Gasteiger partial charge in [0, 0.05) is 30.9 Å². The van der Waals surface area contributed by atoms with Gasteiger partial charge in [-0.3, -0.25) is 14.4 Å². The lowest BCUT2D eigenvalue weighted by Crippen LogP contribution is -2.32. The molecule has 9 heteroatoms. The van der Waals surface area contributed by atoms with Gasteiger partial charge in [0.05, 0.1) is 5.92 Å². The predicted octanol–water partition coefficient (Wildman–Crippen LogP) is 3.72. The van der Waals surface area contributed by atoms with E-state index in [1.54, 1.807) is 29.2 Å². The van der Waals surface area contributed by atoms with Crippen molar-refractivity contribution in [1.82, 2.24) is 5.32 Å². The second-order valence-electron chi connectivity index (χ2n) is 9.41. The van der Waals surface area contributed by atoms with E-state index in [9.17, 15) is 14.4 Å². The molecule has 2 heterocycles. The molecule has 38 heavy (non-hydrogen) atoms. The quantitative estimate of drug-likeness (QED) is 0.474. The van der Waals surface area contributed by atoms with E-state index in [4.69, 9.17) is 14.2 Å². The summed E-state index contributed by atoms with van der Waals surface area (Å²) in [7, 11) is 0. The topological polar surface area (TPSA) is 106 Å². The monoisotopic (exact) mass is 515 g/mol. The van der Waals surface area contributed by atoms with Crippen molar-refractivity contribution in [2.45, 2.75) is 26.8 Å². The summed E-state index contributed by atoms with van der Waals surface area (Å²) < 4.78 is 16.3. The van der Waals surface area contributed by atoms with Gasteiger partial charge >= 0.3 is 0 Å². The van der Waals surface area contributed by atoms with Gasteiger partial charge < -0.3 is 29.7 Å². The molecule has 2 aliphatic rings. The Morgan fingerprint density at radius 1 is 1.00 bits per heavy atom. The molecular formula is C29H29N3O6. The van der Waals surface area contributed by atoms with Crippen LogP contribution < -0.4 is 29.7 Å². The third kappa shape index (κ3) is 5.56. The number of hydrogen-bond acceptors (Lipinski definition) is 6. The summed E-state index contributed by atoms with van der Waals surface area (Å²) in [5, 5.41) is 5.80. The van der Waals surface area contributed by atoms with Crippen molar-refractivity contribution in [2.75, 3.05) is 30.2 Å². The number of para-hydroxylation sites is 1. The minimum Gasteiger partial charge on any atom is -0.484 e. The number of carbonyl (C=O) groups is 3. The summed E-state index contributed by atoms with van der Waals surface area (Å²) in [4.78, 5) is 39.4. The molecule has 196 valence electrons. The first kappa shape index (κ1) is 25.1. The Bertz CT molecular complexity index is 1350. The zero-order valence-electron chi connectivity index (χ0n) is 21.3. The van der Waals surface area contributed by atoms with Crippen LogP contribution in [0, 0.1) is 19.8 Å². The number of carbonyl (C=O) groups excluding carboxylic acids is 3. The van der Waals surface area contributed by atoms with E-state index in [2.05, 4.69) is 10.6 Å². The Hall–Kier alpha value is -4.53. The van der Waals surface area contributed by atoms with E-state index in [0.29, 0.717) is 36.0 Å². The van der Waals surface area contributed by atoms with Crippen molar-refractivity contribution in [3.05, 3.63) is 77.4 Å². The first-order chi connectivity index (χ1) is 18.4. The van der Waals surface area contributed by atoms with Crippen LogP contribution in [0.3, 0.4) is 0 Å². The summed E-state index contributed by atoms with van der Waals surface area (Å²) >= 11 is 0. The van der Waals surface area contributed by atoms with Crippen molar-refractivity contribution >= 4 is 29.1 Å². The lowest BCUT2D eigenvalue weighted by atomic mass is 10.1. The van der Waals surface area contributed by atoms with Crippen molar-refractivity contribution in [3.63, 3.8) is 0 Å². The molecule has 3 amide bonds. The van der Waals surface area contributed by atoms with Gasteiger partial charge in [-0.15, -0.1) is 0 Å². The SMILES string of the molecule is Cc1cccc(C)c1NC(=O)COc1ccc(N2C[C@@H](C(=O)NCc3ccc4c(c3)OCO4)CC2=O)cc1. The van der Waals surface area contributed by atoms with Crippen molar-refractivity contribution in [1.29, 1.82) is 0 Å². The summed E-state index contributed by atoms with van der Waals surface area (Å²) in [6, 6.07) is 18.3. The molecule has 3 aromatic rings. The van der Waals surface area contributed by atoms with Gasteiger partial charge in [-0.2, -0.15) is 0 Å². The Morgan fingerprint density at radius 2 is 1.74 bits per heavy atom. The number of rotatable bonds is 8. The van der Waals surface area contributed by atoms with Crippen LogP contribution in [0.15, 0.2) is 60.7 Å². The lowest BCUT2D eigenvalue weighted by Gasteiger charge is -2.17. The largest absolute Gasteiger partial charge is 0.484 e. The Balaban J connectivity index is 1.11. The molecular weight excluding hydrogens is 486 g/mol. The maximum absolute atomic E-state index is 12.7. The molecule has 1 atom stereocenters. The molecule has 0 radical (unpaired) electrons. The number of aryl methyl sites for hydroxylation is 2. The molecule has 9 nitrogen and oxygen atoms in total. The molecule has 5 rings (SSSR count). The molecule has 0 aliphatic carbocycles. The van der Waals surface area contributed by atoms with Crippen LogP contribution >= 0.6 is 0 Å².